The van der Waals surface area contributed by atoms with Crippen LogP contribution in [0.5, 0.6) is 0 Å². The number of hydrogen-bond donors (Lipinski definition) is 1. The lowest BCUT2D eigenvalue weighted by Crippen LogP contribution is -2.20. The standard InChI is InChI=1S/C17H17N5O2/c1-3-21(14-10-6-8-12-7-4-5-9-13(12)14)17-15(22(23)24)16(18-2)19-11-20-17/h4-11H,3H2,1-2H3,(H,18,19,20). The van der Waals surface area contributed by atoms with Gasteiger partial charge in [-0.2, -0.15) is 0 Å². The number of rotatable bonds is 5. The maximum Gasteiger partial charge on any atom is 0.353 e. The predicted octanol–water partition coefficient (Wildman–Crippen LogP) is 3.74. The average molecular weight is 323 g/mol. The Balaban J connectivity index is 2.25. The van der Waals surface area contributed by atoms with E-state index in [0.717, 1.165) is 16.5 Å². The monoisotopic (exact) mass is 323 g/mol. The summed E-state index contributed by atoms with van der Waals surface area (Å²) in [6, 6.07) is 13.8. The summed E-state index contributed by atoms with van der Waals surface area (Å²) in [6.07, 6.45) is 1.34. The molecule has 122 valence electrons. The Morgan fingerprint density at radius 3 is 2.62 bits per heavy atom. The third kappa shape index (κ3) is 2.60. The lowest BCUT2D eigenvalue weighted by molar-refractivity contribution is -0.383. The largest absolute Gasteiger partial charge is 0.367 e. The van der Waals surface area contributed by atoms with Gasteiger partial charge in [-0.25, -0.2) is 9.97 Å². The van der Waals surface area contributed by atoms with Crippen molar-refractivity contribution in [3.8, 4) is 0 Å². The van der Waals surface area contributed by atoms with Gasteiger partial charge < -0.3 is 10.2 Å². The third-order valence-electron chi connectivity index (χ3n) is 3.85. The lowest BCUT2D eigenvalue weighted by atomic mass is 10.1. The number of hydrogen-bond acceptors (Lipinski definition) is 6. The van der Waals surface area contributed by atoms with E-state index >= 15 is 0 Å². The summed E-state index contributed by atoms with van der Waals surface area (Å²) in [5.41, 5.74) is 0.745. The molecular formula is C17H17N5O2. The van der Waals surface area contributed by atoms with Crippen LogP contribution in [0, 0.1) is 10.1 Å². The summed E-state index contributed by atoms with van der Waals surface area (Å²) < 4.78 is 0. The number of fused-ring (bicyclic) bond motifs is 1. The first-order chi connectivity index (χ1) is 11.7. The number of nitrogens with zero attached hydrogens (tertiary/aromatic N) is 4. The average Bonchev–Trinajstić information content (AvgIpc) is 2.62. The molecule has 24 heavy (non-hydrogen) atoms. The van der Waals surface area contributed by atoms with Crippen molar-refractivity contribution in [1.29, 1.82) is 0 Å². The Labute approximate surface area is 139 Å². The van der Waals surface area contributed by atoms with Crippen LogP contribution in [0.3, 0.4) is 0 Å². The molecular weight excluding hydrogens is 306 g/mol. The summed E-state index contributed by atoms with van der Waals surface area (Å²) in [5, 5.41) is 16.4. The van der Waals surface area contributed by atoms with Crippen LogP contribution in [-0.2, 0) is 0 Å². The second-order valence-corrected chi connectivity index (χ2v) is 5.14. The van der Waals surface area contributed by atoms with Crippen LogP contribution in [0.1, 0.15) is 6.92 Å². The van der Waals surface area contributed by atoms with Crippen LogP contribution in [-0.4, -0.2) is 28.5 Å². The zero-order chi connectivity index (χ0) is 17.1. The highest BCUT2D eigenvalue weighted by Crippen LogP contribution is 2.38. The highest BCUT2D eigenvalue weighted by atomic mass is 16.6. The first-order valence-electron chi connectivity index (χ1n) is 7.59. The molecule has 7 heteroatoms. The zero-order valence-corrected chi connectivity index (χ0v) is 13.4. The van der Waals surface area contributed by atoms with Gasteiger partial charge in [-0.1, -0.05) is 36.4 Å². The van der Waals surface area contributed by atoms with E-state index in [1.807, 2.05) is 54.3 Å². The zero-order valence-electron chi connectivity index (χ0n) is 13.4. The molecule has 0 amide bonds. The highest BCUT2D eigenvalue weighted by molar-refractivity contribution is 5.96. The topological polar surface area (TPSA) is 84.2 Å². The van der Waals surface area contributed by atoms with E-state index < -0.39 is 4.92 Å². The molecule has 0 bridgehead atoms. The molecule has 1 aromatic heterocycles. The molecule has 0 radical (unpaired) electrons. The minimum Gasteiger partial charge on any atom is -0.367 e. The fourth-order valence-electron chi connectivity index (χ4n) is 2.80. The summed E-state index contributed by atoms with van der Waals surface area (Å²) in [4.78, 5) is 21.1. The molecule has 0 saturated carbocycles. The van der Waals surface area contributed by atoms with Gasteiger partial charge >= 0.3 is 5.69 Å². The maximum atomic E-state index is 11.6. The van der Waals surface area contributed by atoms with E-state index in [-0.39, 0.29) is 17.3 Å². The van der Waals surface area contributed by atoms with Crippen LogP contribution in [0.25, 0.3) is 10.8 Å². The van der Waals surface area contributed by atoms with Gasteiger partial charge in [0.2, 0.25) is 11.6 Å². The molecule has 0 aliphatic carbocycles. The van der Waals surface area contributed by atoms with E-state index in [1.54, 1.807) is 7.05 Å². The van der Waals surface area contributed by atoms with E-state index in [4.69, 9.17) is 0 Å². The minimum atomic E-state index is -0.449. The lowest BCUT2D eigenvalue weighted by Gasteiger charge is -2.23. The molecule has 7 nitrogen and oxygen atoms in total. The molecule has 3 aromatic rings. The van der Waals surface area contributed by atoms with Crippen molar-refractivity contribution in [3.63, 3.8) is 0 Å². The van der Waals surface area contributed by atoms with Crippen LogP contribution in [0.15, 0.2) is 48.8 Å². The second kappa shape index (κ2) is 6.49. The summed E-state index contributed by atoms with van der Waals surface area (Å²) in [6.45, 7) is 2.47. The van der Waals surface area contributed by atoms with Crippen molar-refractivity contribution in [1.82, 2.24) is 9.97 Å². The number of aromatic nitrogens is 2. The van der Waals surface area contributed by atoms with Crippen LogP contribution < -0.4 is 10.2 Å². The fraction of sp³-hybridized carbons (Fsp3) is 0.176. The molecule has 2 aromatic carbocycles. The Bertz CT molecular complexity index is 892. The number of nitro groups is 1. The molecule has 0 aliphatic heterocycles. The summed E-state index contributed by atoms with van der Waals surface area (Å²) in [7, 11) is 1.60. The molecule has 0 spiro atoms. The van der Waals surface area contributed by atoms with Crippen molar-refractivity contribution in [3.05, 3.63) is 58.9 Å². The molecule has 1 N–H and O–H groups in total. The van der Waals surface area contributed by atoms with Gasteiger partial charge in [0, 0.05) is 19.0 Å². The van der Waals surface area contributed by atoms with E-state index in [0.29, 0.717) is 6.54 Å². The van der Waals surface area contributed by atoms with Gasteiger partial charge in [-0.3, -0.25) is 10.1 Å². The van der Waals surface area contributed by atoms with Gasteiger partial charge in [-0.15, -0.1) is 0 Å². The molecule has 0 saturated heterocycles. The second-order valence-electron chi connectivity index (χ2n) is 5.14. The van der Waals surface area contributed by atoms with E-state index in [9.17, 15) is 10.1 Å². The van der Waals surface area contributed by atoms with Gasteiger partial charge in [-0.05, 0) is 18.4 Å². The van der Waals surface area contributed by atoms with Gasteiger partial charge in [0.25, 0.3) is 0 Å². The summed E-state index contributed by atoms with van der Waals surface area (Å²) >= 11 is 0. The Hall–Kier alpha value is -3.22. The summed E-state index contributed by atoms with van der Waals surface area (Å²) in [5.74, 6) is 0.474. The van der Waals surface area contributed by atoms with Gasteiger partial charge in [0.15, 0.2) is 0 Å². The highest BCUT2D eigenvalue weighted by Gasteiger charge is 2.27. The molecule has 0 atom stereocenters. The van der Waals surface area contributed by atoms with Crippen LogP contribution >= 0.6 is 0 Å². The van der Waals surface area contributed by atoms with Crippen LogP contribution in [0.4, 0.5) is 23.0 Å². The van der Waals surface area contributed by atoms with Crippen LogP contribution in [0.2, 0.25) is 0 Å². The minimum absolute atomic E-state index is 0.130. The van der Waals surface area contributed by atoms with Crippen molar-refractivity contribution in [2.45, 2.75) is 6.92 Å². The molecule has 0 fully saturated rings. The first-order valence-corrected chi connectivity index (χ1v) is 7.59. The van der Waals surface area contributed by atoms with Crippen molar-refractivity contribution < 1.29 is 4.92 Å². The van der Waals surface area contributed by atoms with E-state index in [2.05, 4.69) is 15.3 Å². The predicted molar refractivity (Wildman–Crippen MR) is 94.9 cm³/mol. The van der Waals surface area contributed by atoms with Crippen molar-refractivity contribution in [2.24, 2.45) is 0 Å². The number of benzene rings is 2. The first kappa shape index (κ1) is 15.7. The van der Waals surface area contributed by atoms with E-state index in [1.165, 1.54) is 6.33 Å². The third-order valence-corrected chi connectivity index (χ3v) is 3.85. The molecule has 0 unspecified atom stereocenters. The number of nitrogens with one attached hydrogen (secondary N) is 1. The van der Waals surface area contributed by atoms with Crippen molar-refractivity contribution >= 4 is 33.8 Å². The quantitative estimate of drug-likeness (QED) is 0.569. The normalized spacial score (nSPS) is 10.6. The molecule has 1 heterocycles. The van der Waals surface area contributed by atoms with Crippen molar-refractivity contribution in [2.75, 3.05) is 23.8 Å². The Morgan fingerprint density at radius 1 is 1.17 bits per heavy atom. The Kier molecular flexibility index (Phi) is 4.24. The molecule has 3 rings (SSSR count). The van der Waals surface area contributed by atoms with Gasteiger partial charge in [0.1, 0.15) is 6.33 Å². The maximum absolute atomic E-state index is 11.6. The number of anilines is 3. The molecule has 0 aliphatic rings. The smallest absolute Gasteiger partial charge is 0.353 e. The van der Waals surface area contributed by atoms with Gasteiger partial charge in [0.05, 0.1) is 10.6 Å². The Morgan fingerprint density at radius 2 is 1.92 bits per heavy atom. The SMILES string of the molecule is CCN(c1ncnc(NC)c1[N+](=O)[O-])c1cccc2ccccc12. The fourth-order valence-corrected chi connectivity index (χ4v) is 2.80.